The molecule has 0 aromatic heterocycles. The molecule has 1 saturated heterocycles. The molecule has 1 aliphatic heterocycles. The van der Waals surface area contributed by atoms with E-state index in [0.29, 0.717) is 0 Å². The fraction of sp³-hybridized carbons (Fsp3) is 1.00. The maximum atomic E-state index is 6.23. The smallest absolute Gasteiger partial charge is 0.362 e. The largest absolute Gasteiger partial charge is 0.416 e. The van der Waals surface area contributed by atoms with E-state index in [9.17, 15) is 0 Å². The first kappa shape index (κ1) is 14.8. The van der Waals surface area contributed by atoms with Crippen molar-refractivity contribution in [1.29, 1.82) is 0 Å². The molecule has 0 N–H and O–H groups in total. The van der Waals surface area contributed by atoms with Crippen LogP contribution in [0, 0.1) is 0 Å². The average Bonchev–Trinajstić information content (AvgIpc) is 1.96. The van der Waals surface area contributed by atoms with Crippen molar-refractivity contribution in [2.45, 2.75) is 52.2 Å². The molecule has 4 nitrogen and oxygen atoms in total. The van der Waals surface area contributed by atoms with Crippen molar-refractivity contribution < 1.29 is 16.5 Å². The van der Waals surface area contributed by atoms with Gasteiger partial charge in [0.25, 0.3) is 0 Å². The van der Waals surface area contributed by atoms with Gasteiger partial charge in [0.2, 0.25) is 0 Å². The van der Waals surface area contributed by atoms with Crippen LogP contribution in [0.25, 0.3) is 0 Å². The highest BCUT2D eigenvalue weighted by atomic mass is 28.5. The lowest BCUT2D eigenvalue weighted by atomic mass is 11.0. The molecule has 0 aliphatic carbocycles. The molecule has 1 radical (unpaired) electrons. The molecule has 1 rings (SSSR count). The van der Waals surface area contributed by atoms with Crippen LogP contribution in [-0.4, -0.2) is 35.0 Å². The SMILES string of the molecule is CC[Si]1(C)O[Si](C)O[Si](C)(C)O[Si](C)(C)O1. The molecular weight excluding hydrogens is 272 g/mol. The number of hydrogen-bond donors (Lipinski definition) is 0. The third-order valence-electron chi connectivity index (χ3n) is 2.34. The van der Waals surface area contributed by atoms with Crippen LogP contribution in [0.4, 0.5) is 0 Å². The summed E-state index contributed by atoms with van der Waals surface area (Å²) >= 11 is 0. The molecule has 1 heterocycles. The minimum Gasteiger partial charge on any atom is -0.416 e. The molecule has 1 aliphatic rings. The van der Waals surface area contributed by atoms with Gasteiger partial charge in [-0.15, -0.1) is 0 Å². The molecule has 95 valence electrons. The van der Waals surface area contributed by atoms with Gasteiger partial charge in [0.1, 0.15) is 0 Å². The molecule has 0 spiro atoms. The Morgan fingerprint density at radius 1 is 0.875 bits per heavy atom. The Morgan fingerprint density at radius 3 is 1.94 bits per heavy atom. The predicted octanol–water partition coefficient (Wildman–Crippen LogP) is 2.68. The fourth-order valence-electron chi connectivity index (χ4n) is 1.99. The summed E-state index contributed by atoms with van der Waals surface area (Å²) in [6.07, 6.45) is 0. The first-order chi connectivity index (χ1) is 7.08. The monoisotopic (exact) mass is 295 g/mol. The van der Waals surface area contributed by atoms with E-state index in [0.717, 1.165) is 6.04 Å². The third-order valence-corrected chi connectivity index (χ3v) is 17.2. The van der Waals surface area contributed by atoms with Crippen LogP contribution in [0.2, 0.25) is 45.3 Å². The lowest BCUT2D eigenvalue weighted by Gasteiger charge is -2.43. The van der Waals surface area contributed by atoms with E-state index in [1.807, 2.05) is 6.55 Å². The van der Waals surface area contributed by atoms with Crippen LogP contribution >= 0.6 is 0 Å². The van der Waals surface area contributed by atoms with E-state index < -0.39 is 35.0 Å². The van der Waals surface area contributed by atoms with E-state index in [4.69, 9.17) is 16.5 Å². The van der Waals surface area contributed by atoms with Crippen molar-refractivity contribution in [2.75, 3.05) is 0 Å². The normalized spacial score (nSPS) is 35.4. The van der Waals surface area contributed by atoms with Crippen LogP contribution < -0.4 is 0 Å². The van der Waals surface area contributed by atoms with Gasteiger partial charge in [-0.05, 0) is 45.3 Å². The van der Waals surface area contributed by atoms with Crippen LogP contribution in [-0.2, 0) is 16.5 Å². The highest BCUT2D eigenvalue weighted by Gasteiger charge is 2.47. The van der Waals surface area contributed by atoms with Gasteiger partial charge < -0.3 is 16.5 Å². The van der Waals surface area contributed by atoms with E-state index in [1.54, 1.807) is 0 Å². The summed E-state index contributed by atoms with van der Waals surface area (Å²) in [7, 11) is -7.48. The maximum absolute atomic E-state index is 6.23. The van der Waals surface area contributed by atoms with Gasteiger partial charge in [-0.3, -0.25) is 0 Å². The molecule has 8 heteroatoms. The first-order valence-electron chi connectivity index (χ1n) is 5.69. The topological polar surface area (TPSA) is 36.9 Å². The second-order valence-electron chi connectivity index (χ2n) is 5.19. The van der Waals surface area contributed by atoms with E-state index in [1.165, 1.54) is 0 Å². The van der Waals surface area contributed by atoms with Crippen molar-refractivity contribution in [2.24, 2.45) is 0 Å². The molecule has 1 fully saturated rings. The van der Waals surface area contributed by atoms with E-state index in [-0.39, 0.29) is 0 Å². The second-order valence-corrected chi connectivity index (χ2v) is 18.0. The minimum atomic E-state index is -2.10. The molecule has 0 bridgehead atoms. The highest BCUT2D eigenvalue weighted by Crippen LogP contribution is 2.28. The molecule has 1 atom stereocenters. The fourth-order valence-corrected chi connectivity index (χ4v) is 19.4. The van der Waals surface area contributed by atoms with Crippen LogP contribution in [0.15, 0.2) is 0 Å². The third kappa shape index (κ3) is 4.18. The predicted molar refractivity (Wildman–Crippen MR) is 73.0 cm³/mol. The summed E-state index contributed by atoms with van der Waals surface area (Å²) < 4.78 is 24.5. The van der Waals surface area contributed by atoms with Gasteiger partial charge in [0.15, 0.2) is 0 Å². The zero-order chi connectivity index (χ0) is 12.6. The van der Waals surface area contributed by atoms with E-state index in [2.05, 4.69) is 39.7 Å². The molecule has 1 unspecified atom stereocenters. The molecule has 0 aromatic carbocycles. The summed E-state index contributed by atoms with van der Waals surface area (Å²) in [5.74, 6) is 0. The summed E-state index contributed by atoms with van der Waals surface area (Å²) in [6.45, 7) is 14.6. The van der Waals surface area contributed by atoms with Crippen LogP contribution in [0.1, 0.15) is 6.92 Å². The summed E-state index contributed by atoms with van der Waals surface area (Å²) in [5.41, 5.74) is 0. The minimum absolute atomic E-state index is 0.945. The van der Waals surface area contributed by atoms with Crippen LogP contribution in [0.3, 0.4) is 0 Å². The Hall–Kier alpha value is 0.708. The summed E-state index contributed by atoms with van der Waals surface area (Å²) in [4.78, 5) is 0. The first-order valence-corrected chi connectivity index (χ1v) is 15.7. The Labute approximate surface area is 104 Å². The molecule has 0 aromatic rings. The lowest BCUT2D eigenvalue weighted by molar-refractivity contribution is 0.248. The number of hydrogen-bond acceptors (Lipinski definition) is 4. The summed E-state index contributed by atoms with van der Waals surface area (Å²) in [6, 6.07) is 0.945. The van der Waals surface area contributed by atoms with Crippen molar-refractivity contribution in [1.82, 2.24) is 0 Å². The van der Waals surface area contributed by atoms with Gasteiger partial charge in [-0.25, -0.2) is 0 Å². The van der Waals surface area contributed by atoms with Crippen molar-refractivity contribution in [3.8, 4) is 0 Å². The van der Waals surface area contributed by atoms with Crippen molar-refractivity contribution >= 4 is 35.0 Å². The van der Waals surface area contributed by atoms with Gasteiger partial charge in [0.05, 0.1) is 0 Å². The summed E-state index contributed by atoms with van der Waals surface area (Å²) in [5, 5.41) is 0. The molecule has 0 saturated carbocycles. The quantitative estimate of drug-likeness (QED) is 0.697. The van der Waals surface area contributed by atoms with Crippen molar-refractivity contribution in [3.63, 3.8) is 0 Å². The Morgan fingerprint density at radius 2 is 1.44 bits per heavy atom. The highest BCUT2D eigenvalue weighted by molar-refractivity contribution is 6.89. The number of rotatable bonds is 1. The van der Waals surface area contributed by atoms with Gasteiger partial charge in [0, 0.05) is 0 Å². The maximum Gasteiger partial charge on any atom is 0.362 e. The lowest BCUT2D eigenvalue weighted by Crippen LogP contribution is -2.61. The molecular formula is C8H23O4Si4. The molecule has 16 heavy (non-hydrogen) atoms. The van der Waals surface area contributed by atoms with E-state index >= 15 is 0 Å². The zero-order valence-electron chi connectivity index (χ0n) is 11.3. The van der Waals surface area contributed by atoms with Gasteiger partial charge in [-0.2, -0.15) is 0 Å². The average molecular weight is 296 g/mol. The van der Waals surface area contributed by atoms with Crippen molar-refractivity contribution in [3.05, 3.63) is 0 Å². The standard InChI is InChI=1S/C8H23O4Si4/c1-8-16(7)10-13(2)9-14(3,4)11-15(5,6)12-16/h8H2,1-7H3. The van der Waals surface area contributed by atoms with Crippen LogP contribution in [0.5, 0.6) is 0 Å². The second kappa shape index (κ2) is 4.76. The Bertz CT molecular complexity index is 260. The Kier molecular flexibility index (Phi) is 4.40. The van der Waals surface area contributed by atoms with Gasteiger partial charge in [-0.1, -0.05) is 6.92 Å². The Balaban J connectivity index is 2.89. The van der Waals surface area contributed by atoms with Gasteiger partial charge >= 0.3 is 35.0 Å². The molecule has 0 amide bonds. The zero-order valence-corrected chi connectivity index (χ0v) is 15.3.